The van der Waals surface area contributed by atoms with Crippen LogP contribution < -0.4 is 5.73 Å². The maximum atomic E-state index is 11.9. The van der Waals surface area contributed by atoms with Gasteiger partial charge in [-0.05, 0) is 12.1 Å². The molecule has 0 aliphatic heterocycles. The average Bonchev–Trinajstić information content (AvgIpc) is 2.14. The molecule has 1 rings (SSSR count). The molecule has 0 heterocycles. The van der Waals surface area contributed by atoms with E-state index >= 15 is 0 Å². The summed E-state index contributed by atoms with van der Waals surface area (Å²) < 4.78 is 35.8. The van der Waals surface area contributed by atoms with Gasteiger partial charge in [-0.2, -0.15) is 13.2 Å². The first-order valence-corrected chi connectivity index (χ1v) is 3.89. The van der Waals surface area contributed by atoms with Crippen LogP contribution in [0.3, 0.4) is 0 Å². The van der Waals surface area contributed by atoms with E-state index in [9.17, 15) is 13.2 Å². The van der Waals surface area contributed by atoms with Crippen LogP contribution in [0.1, 0.15) is 5.56 Å². The lowest BCUT2D eigenvalue weighted by atomic mass is 10.2. The zero-order valence-corrected chi connectivity index (χ0v) is 7.18. The Kier molecular flexibility index (Phi) is 3.15. The Hall–Kier alpha value is -1.47. The van der Waals surface area contributed by atoms with Gasteiger partial charge in [0.05, 0.1) is 0 Å². The molecule has 0 fully saturated rings. The number of alkyl halides is 3. The number of nitrogens with two attached hydrogens (primary N) is 1. The Balaban J connectivity index is 2.74. The molecule has 0 radical (unpaired) electrons. The fourth-order valence-electron chi connectivity index (χ4n) is 0.764. The molecule has 1 aromatic carbocycles. The average molecular weight is 199 g/mol. The number of rotatable bonds is 0. The maximum Gasteiger partial charge on any atom is 0.414 e. The van der Waals surface area contributed by atoms with Crippen molar-refractivity contribution in [1.29, 1.82) is 0 Å². The monoisotopic (exact) mass is 199 g/mol. The van der Waals surface area contributed by atoms with E-state index in [2.05, 4.69) is 5.92 Å². The second kappa shape index (κ2) is 4.16. The molecule has 74 valence electrons. The third-order valence-corrected chi connectivity index (χ3v) is 1.50. The molecule has 0 spiro atoms. The molecule has 0 aliphatic rings. The molecular formula is C10H8F3N. The van der Waals surface area contributed by atoms with Crippen LogP contribution in [0.5, 0.6) is 0 Å². The fraction of sp³-hybridized carbons (Fsp3) is 0.200. The standard InChI is InChI=1S/C10H8F3N/c11-10(12,13)9(14)7-6-8-4-2-1-3-5-8/h1-5,9H,14H2/t9-/m0/s1. The summed E-state index contributed by atoms with van der Waals surface area (Å²) >= 11 is 0. The largest absolute Gasteiger partial charge is 0.414 e. The molecule has 0 aliphatic carbocycles. The Morgan fingerprint density at radius 2 is 1.71 bits per heavy atom. The van der Waals surface area contributed by atoms with Crippen molar-refractivity contribution in [3.05, 3.63) is 35.9 Å². The van der Waals surface area contributed by atoms with Crippen molar-refractivity contribution >= 4 is 0 Å². The SMILES string of the molecule is N[C@@H](C#Cc1ccccc1)C(F)(F)F. The van der Waals surface area contributed by atoms with Crippen molar-refractivity contribution in [2.45, 2.75) is 12.2 Å². The minimum absolute atomic E-state index is 0.521. The van der Waals surface area contributed by atoms with Crippen LogP contribution in [0.25, 0.3) is 0 Å². The summed E-state index contributed by atoms with van der Waals surface area (Å²) in [6, 6.07) is 6.32. The molecule has 4 heteroatoms. The van der Waals surface area contributed by atoms with Crippen LogP contribution in [0.15, 0.2) is 30.3 Å². The molecule has 2 N–H and O–H groups in total. The Labute approximate surface area is 79.7 Å². The van der Waals surface area contributed by atoms with E-state index in [1.807, 2.05) is 5.92 Å². The summed E-state index contributed by atoms with van der Waals surface area (Å²) in [4.78, 5) is 0. The van der Waals surface area contributed by atoms with E-state index < -0.39 is 12.2 Å². The Morgan fingerprint density at radius 3 is 2.21 bits per heavy atom. The van der Waals surface area contributed by atoms with E-state index in [1.54, 1.807) is 30.3 Å². The van der Waals surface area contributed by atoms with Gasteiger partial charge in [0.25, 0.3) is 0 Å². The van der Waals surface area contributed by atoms with Gasteiger partial charge in [-0.3, -0.25) is 0 Å². The molecule has 0 saturated heterocycles. The normalized spacial score (nSPS) is 12.9. The second-order valence-electron chi connectivity index (χ2n) is 2.65. The molecule has 0 aromatic heterocycles. The van der Waals surface area contributed by atoms with Gasteiger partial charge in [0.2, 0.25) is 0 Å². The van der Waals surface area contributed by atoms with Gasteiger partial charge < -0.3 is 5.73 Å². The van der Waals surface area contributed by atoms with Crippen LogP contribution in [0.2, 0.25) is 0 Å². The minimum Gasteiger partial charge on any atom is -0.310 e. The molecule has 0 saturated carbocycles. The van der Waals surface area contributed by atoms with Crippen LogP contribution in [0.4, 0.5) is 13.2 Å². The van der Waals surface area contributed by atoms with Gasteiger partial charge in [-0.15, -0.1) is 0 Å². The van der Waals surface area contributed by atoms with E-state index in [4.69, 9.17) is 5.73 Å². The molecule has 1 aromatic rings. The highest BCUT2D eigenvalue weighted by Gasteiger charge is 2.35. The first-order chi connectivity index (χ1) is 6.50. The maximum absolute atomic E-state index is 11.9. The number of hydrogen-bond donors (Lipinski definition) is 1. The van der Waals surface area contributed by atoms with Crippen molar-refractivity contribution in [1.82, 2.24) is 0 Å². The summed E-state index contributed by atoms with van der Waals surface area (Å²) in [5.41, 5.74) is 5.32. The zero-order chi connectivity index (χ0) is 10.6. The first-order valence-electron chi connectivity index (χ1n) is 3.89. The smallest absolute Gasteiger partial charge is 0.310 e. The lowest BCUT2D eigenvalue weighted by Gasteiger charge is -2.07. The van der Waals surface area contributed by atoms with Crippen LogP contribution in [0, 0.1) is 11.8 Å². The van der Waals surface area contributed by atoms with E-state index in [0.717, 1.165) is 0 Å². The van der Waals surface area contributed by atoms with Crippen molar-refractivity contribution in [2.75, 3.05) is 0 Å². The van der Waals surface area contributed by atoms with Crippen LogP contribution in [-0.2, 0) is 0 Å². The predicted octanol–water partition coefficient (Wildman–Crippen LogP) is 1.93. The second-order valence-corrected chi connectivity index (χ2v) is 2.65. The number of hydrogen-bond acceptors (Lipinski definition) is 1. The highest BCUT2D eigenvalue weighted by Crippen LogP contribution is 2.17. The van der Waals surface area contributed by atoms with E-state index in [0.29, 0.717) is 5.56 Å². The molecule has 14 heavy (non-hydrogen) atoms. The molecule has 0 bridgehead atoms. The number of benzene rings is 1. The van der Waals surface area contributed by atoms with Crippen molar-refractivity contribution in [3.63, 3.8) is 0 Å². The quantitative estimate of drug-likeness (QED) is 0.635. The summed E-state index contributed by atoms with van der Waals surface area (Å²) in [7, 11) is 0. The third-order valence-electron chi connectivity index (χ3n) is 1.50. The predicted molar refractivity (Wildman–Crippen MR) is 47.4 cm³/mol. The highest BCUT2D eigenvalue weighted by molar-refractivity contribution is 5.34. The van der Waals surface area contributed by atoms with Gasteiger partial charge in [-0.1, -0.05) is 30.0 Å². The lowest BCUT2D eigenvalue weighted by Crippen LogP contribution is -2.35. The van der Waals surface area contributed by atoms with Gasteiger partial charge in [0.15, 0.2) is 6.04 Å². The summed E-state index contributed by atoms with van der Waals surface area (Å²) in [5.74, 6) is 4.30. The molecule has 1 nitrogen and oxygen atoms in total. The first kappa shape index (κ1) is 10.6. The van der Waals surface area contributed by atoms with Gasteiger partial charge in [0, 0.05) is 5.56 Å². The van der Waals surface area contributed by atoms with Crippen LogP contribution in [-0.4, -0.2) is 12.2 Å². The van der Waals surface area contributed by atoms with Gasteiger partial charge in [-0.25, -0.2) is 0 Å². The molecular weight excluding hydrogens is 191 g/mol. The highest BCUT2D eigenvalue weighted by atomic mass is 19.4. The molecule has 0 amide bonds. The fourth-order valence-corrected chi connectivity index (χ4v) is 0.764. The summed E-state index contributed by atoms with van der Waals surface area (Å²) in [5, 5.41) is 0. The van der Waals surface area contributed by atoms with Gasteiger partial charge in [0.1, 0.15) is 0 Å². The Bertz CT molecular complexity index is 345. The van der Waals surface area contributed by atoms with Gasteiger partial charge >= 0.3 is 6.18 Å². The Morgan fingerprint density at radius 1 is 1.14 bits per heavy atom. The van der Waals surface area contributed by atoms with Crippen LogP contribution >= 0.6 is 0 Å². The molecule has 1 atom stereocenters. The zero-order valence-electron chi connectivity index (χ0n) is 7.18. The van der Waals surface area contributed by atoms with E-state index in [-0.39, 0.29) is 0 Å². The third kappa shape index (κ3) is 3.11. The lowest BCUT2D eigenvalue weighted by molar-refractivity contribution is -0.134. The van der Waals surface area contributed by atoms with Crippen molar-refractivity contribution < 1.29 is 13.2 Å². The summed E-state index contributed by atoms with van der Waals surface area (Å²) in [6.45, 7) is 0. The van der Waals surface area contributed by atoms with Crippen molar-refractivity contribution in [2.24, 2.45) is 5.73 Å². The number of halogens is 3. The molecule has 0 unspecified atom stereocenters. The minimum atomic E-state index is -4.46. The van der Waals surface area contributed by atoms with Crippen molar-refractivity contribution in [3.8, 4) is 11.8 Å². The van der Waals surface area contributed by atoms with E-state index in [1.165, 1.54) is 0 Å². The topological polar surface area (TPSA) is 26.0 Å². The summed E-state index contributed by atoms with van der Waals surface area (Å²) in [6.07, 6.45) is -4.46.